The van der Waals surface area contributed by atoms with Crippen molar-refractivity contribution < 1.29 is 19.1 Å². The van der Waals surface area contributed by atoms with Crippen LogP contribution in [0.15, 0.2) is 23.8 Å². The van der Waals surface area contributed by atoms with Crippen LogP contribution >= 0.6 is 0 Å². The lowest BCUT2D eigenvalue weighted by Crippen LogP contribution is -2.29. The summed E-state index contributed by atoms with van der Waals surface area (Å²) in [5, 5.41) is 0. The van der Waals surface area contributed by atoms with Crippen LogP contribution in [-0.4, -0.2) is 25.2 Å². The Balaban J connectivity index is 2.93. The average Bonchev–Trinajstić information content (AvgIpc) is 3.09. The minimum absolute atomic E-state index is 0.245. The van der Waals surface area contributed by atoms with E-state index in [1.165, 1.54) is 0 Å². The van der Waals surface area contributed by atoms with Crippen LogP contribution in [-0.2, 0) is 19.1 Å². The molecular weight excluding hydrogens is 220 g/mol. The van der Waals surface area contributed by atoms with Gasteiger partial charge in [-0.1, -0.05) is 18.2 Å². The molecule has 0 atom stereocenters. The molecule has 1 aliphatic rings. The van der Waals surface area contributed by atoms with E-state index in [1.807, 2.05) is 0 Å². The molecule has 4 heteroatoms. The Bertz CT molecular complexity index is 330. The largest absolute Gasteiger partial charge is 0.465 e. The van der Waals surface area contributed by atoms with E-state index in [9.17, 15) is 9.59 Å². The molecule has 1 rings (SSSR count). The van der Waals surface area contributed by atoms with E-state index in [0.29, 0.717) is 5.57 Å². The highest BCUT2D eigenvalue weighted by Crippen LogP contribution is 2.36. The fraction of sp³-hybridized carbons (Fsp3) is 0.538. The highest BCUT2D eigenvalue weighted by Gasteiger charge is 2.35. The summed E-state index contributed by atoms with van der Waals surface area (Å²) >= 11 is 0. The molecule has 1 aliphatic carbocycles. The van der Waals surface area contributed by atoms with Crippen LogP contribution in [0.3, 0.4) is 0 Å². The maximum Gasteiger partial charge on any atom is 0.324 e. The molecule has 0 aliphatic heterocycles. The monoisotopic (exact) mass is 238 g/mol. The van der Waals surface area contributed by atoms with Gasteiger partial charge in [0, 0.05) is 0 Å². The number of esters is 2. The summed E-state index contributed by atoms with van der Waals surface area (Å²) in [6, 6.07) is 0. The van der Waals surface area contributed by atoms with Crippen LogP contribution in [0.2, 0.25) is 0 Å². The van der Waals surface area contributed by atoms with Gasteiger partial charge in [0.1, 0.15) is 0 Å². The first-order chi connectivity index (χ1) is 8.15. The molecule has 0 radical (unpaired) electrons. The van der Waals surface area contributed by atoms with E-state index in [0.717, 1.165) is 18.4 Å². The zero-order valence-corrected chi connectivity index (χ0v) is 10.3. The van der Waals surface area contributed by atoms with Gasteiger partial charge >= 0.3 is 11.9 Å². The van der Waals surface area contributed by atoms with E-state index < -0.39 is 17.9 Å². The highest BCUT2D eigenvalue weighted by atomic mass is 16.6. The molecule has 0 aromatic rings. The second-order valence-corrected chi connectivity index (χ2v) is 3.70. The van der Waals surface area contributed by atoms with Gasteiger partial charge < -0.3 is 9.47 Å². The summed E-state index contributed by atoms with van der Waals surface area (Å²) in [5.41, 5.74) is 1.74. The quantitative estimate of drug-likeness (QED) is 0.524. The molecule has 94 valence electrons. The summed E-state index contributed by atoms with van der Waals surface area (Å²) in [6.45, 7) is 7.56. The van der Waals surface area contributed by atoms with Crippen LogP contribution in [0.1, 0.15) is 26.7 Å². The molecule has 0 bridgehead atoms. The molecule has 1 fully saturated rings. The van der Waals surface area contributed by atoms with Crippen LogP contribution < -0.4 is 0 Å². The standard InChI is InChI=1S/C13H18O4/c1-4-10(9-7-8-9)11(12(14)16-5-2)13(15)17-6-3/h4,11H,1,5-8H2,2-3H3. The van der Waals surface area contributed by atoms with Gasteiger partial charge in [-0.3, -0.25) is 9.59 Å². The van der Waals surface area contributed by atoms with E-state index in [2.05, 4.69) is 6.58 Å². The van der Waals surface area contributed by atoms with E-state index in [4.69, 9.17) is 9.47 Å². The lowest BCUT2D eigenvalue weighted by Gasteiger charge is -2.15. The minimum atomic E-state index is -0.968. The Kier molecular flexibility index (Phi) is 4.94. The van der Waals surface area contributed by atoms with Crippen molar-refractivity contribution in [2.24, 2.45) is 5.92 Å². The number of hydrogen-bond donors (Lipinski definition) is 0. The number of carbonyl (C=O) groups excluding carboxylic acids is 2. The molecule has 0 N–H and O–H groups in total. The first-order valence-electron chi connectivity index (χ1n) is 5.83. The highest BCUT2D eigenvalue weighted by molar-refractivity contribution is 5.99. The topological polar surface area (TPSA) is 52.6 Å². The number of hydrogen-bond acceptors (Lipinski definition) is 4. The van der Waals surface area contributed by atoms with Gasteiger partial charge in [0.15, 0.2) is 5.92 Å². The number of allylic oxidation sites excluding steroid dienone is 2. The van der Waals surface area contributed by atoms with Gasteiger partial charge in [0.25, 0.3) is 0 Å². The Morgan fingerprint density at radius 2 is 1.71 bits per heavy atom. The third-order valence-electron chi connectivity index (χ3n) is 2.48. The van der Waals surface area contributed by atoms with Crippen LogP contribution in [0.4, 0.5) is 0 Å². The van der Waals surface area contributed by atoms with Gasteiger partial charge in [0.05, 0.1) is 13.2 Å². The fourth-order valence-electron chi connectivity index (χ4n) is 1.62. The Hall–Kier alpha value is -1.58. The van der Waals surface area contributed by atoms with Crippen molar-refractivity contribution in [2.45, 2.75) is 26.7 Å². The van der Waals surface area contributed by atoms with Crippen LogP contribution in [0, 0.1) is 5.92 Å². The Morgan fingerprint density at radius 1 is 1.24 bits per heavy atom. The zero-order valence-electron chi connectivity index (χ0n) is 10.3. The number of ether oxygens (including phenoxy) is 2. The predicted molar refractivity (Wildman–Crippen MR) is 63.2 cm³/mol. The molecule has 0 saturated heterocycles. The average molecular weight is 238 g/mol. The molecule has 0 aromatic carbocycles. The van der Waals surface area contributed by atoms with Gasteiger partial charge in [-0.15, -0.1) is 0 Å². The van der Waals surface area contributed by atoms with Gasteiger partial charge in [-0.25, -0.2) is 0 Å². The second kappa shape index (κ2) is 6.23. The van der Waals surface area contributed by atoms with Crippen molar-refractivity contribution in [3.63, 3.8) is 0 Å². The number of carbonyl (C=O) groups is 2. The molecule has 0 heterocycles. The smallest absolute Gasteiger partial charge is 0.324 e. The maximum atomic E-state index is 11.8. The van der Waals surface area contributed by atoms with Gasteiger partial charge in [-0.2, -0.15) is 0 Å². The summed E-state index contributed by atoms with van der Waals surface area (Å²) in [5.74, 6) is -2.08. The molecular formula is C13H18O4. The SMILES string of the molecule is C=CC(=C1CC1)C(C(=O)OCC)C(=O)OCC. The van der Waals surface area contributed by atoms with Crippen molar-refractivity contribution in [2.75, 3.05) is 13.2 Å². The normalized spacial score (nSPS) is 13.2. The number of rotatable bonds is 6. The molecule has 0 amide bonds. The molecule has 1 saturated carbocycles. The van der Waals surface area contributed by atoms with Gasteiger partial charge in [0.2, 0.25) is 0 Å². The molecule has 0 aromatic heterocycles. The van der Waals surface area contributed by atoms with Crippen molar-refractivity contribution in [3.8, 4) is 0 Å². The third-order valence-corrected chi connectivity index (χ3v) is 2.48. The Morgan fingerprint density at radius 3 is 2.00 bits per heavy atom. The second-order valence-electron chi connectivity index (χ2n) is 3.70. The first kappa shape index (κ1) is 13.5. The summed E-state index contributed by atoms with van der Waals surface area (Å²) in [7, 11) is 0. The lowest BCUT2D eigenvalue weighted by molar-refractivity contribution is -0.159. The summed E-state index contributed by atoms with van der Waals surface area (Å²) < 4.78 is 9.82. The molecule has 4 nitrogen and oxygen atoms in total. The fourth-order valence-corrected chi connectivity index (χ4v) is 1.62. The van der Waals surface area contributed by atoms with Crippen molar-refractivity contribution in [3.05, 3.63) is 23.8 Å². The predicted octanol–water partition coefficient (Wildman–Crippen LogP) is 2.01. The van der Waals surface area contributed by atoms with Crippen LogP contribution in [0.5, 0.6) is 0 Å². The zero-order chi connectivity index (χ0) is 12.8. The van der Waals surface area contributed by atoms with E-state index in [-0.39, 0.29) is 13.2 Å². The minimum Gasteiger partial charge on any atom is -0.465 e. The van der Waals surface area contributed by atoms with Crippen LogP contribution in [0.25, 0.3) is 0 Å². The molecule has 0 spiro atoms. The van der Waals surface area contributed by atoms with E-state index in [1.54, 1.807) is 19.9 Å². The van der Waals surface area contributed by atoms with Crippen molar-refractivity contribution >= 4 is 11.9 Å². The van der Waals surface area contributed by atoms with Crippen molar-refractivity contribution in [1.29, 1.82) is 0 Å². The third kappa shape index (κ3) is 3.44. The van der Waals surface area contributed by atoms with E-state index >= 15 is 0 Å². The molecule has 17 heavy (non-hydrogen) atoms. The van der Waals surface area contributed by atoms with Crippen molar-refractivity contribution in [1.82, 2.24) is 0 Å². The summed E-state index contributed by atoms with van der Waals surface area (Å²) in [4.78, 5) is 23.6. The Labute approximate surface area is 101 Å². The maximum absolute atomic E-state index is 11.8. The lowest BCUT2D eigenvalue weighted by atomic mass is 9.98. The molecule has 0 unspecified atom stereocenters. The first-order valence-corrected chi connectivity index (χ1v) is 5.83. The van der Waals surface area contributed by atoms with Gasteiger partial charge in [-0.05, 0) is 32.3 Å². The summed E-state index contributed by atoms with van der Waals surface area (Å²) in [6.07, 6.45) is 3.38.